The van der Waals surface area contributed by atoms with E-state index in [1.54, 1.807) is 0 Å². The number of sulfone groups is 1. The second-order valence-corrected chi connectivity index (χ2v) is 10.8. The molecule has 10 nitrogen and oxygen atoms in total. The predicted octanol–water partition coefficient (Wildman–Crippen LogP) is 3.75. The monoisotopic (exact) mass is 533 g/mol. The first kappa shape index (κ1) is 25.1. The Morgan fingerprint density at radius 1 is 1.22 bits per heavy atom. The summed E-state index contributed by atoms with van der Waals surface area (Å²) in [7, 11) is -1.95. The molecule has 4 aromatic rings. The molecule has 0 saturated carbocycles. The summed E-state index contributed by atoms with van der Waals surface area (Å²) >= 11 is 1.09. The maximum Gasteiger partial charge on any atom is 0.355 e. The minimum absolute atomic E-state index is 0.102. The van der Waals surface area contributed by atoms with Crippen molar-refractivity contribution >= 4 is 49.7 Å². The van der Waals surface area contributed by atoms with Gasteiger partial charge in [-0.05, 0) is 30.3 Å². The number of aromatic carboxylic acids is 1. The van der Waals surface area contributed by atoms with Gasteiger partial charge in [0, 0.05) is 35.7 Å². The Hall–Kier alpha value is -3.97. The summed E-state index contributed by atoms with van der Waals surface area (Å²) in [6, 6.07) is 8.45. The van der Waals surface area contributed by atoms with Gasteiger partial charge in [-0.2, -0.15) is 0 Å². The topological polar surface area (TPSA) is 148 Å². The SMILES string of the molecule is CNC(=O)c1c(-c2ccc(F)cc2)oc2cc(NCS(C)(=O)=O)c(OCc3nc(C(=O)O)cs3)cc12. The van der Waals surface area contributed by atoms with Crippen molar-refractivity contribution < 1.29 is 36.7 Å². The van der Waals surface area contributed by atoms with Gasteiger partial charge >= 0.3 is 5.97 Å². The largest absolute Gasteiger partial charge is 0.484 e. The lowest BCUT2D eigenvalue weighted by atomic mass is 10.0. The Bertz CT molecular complexity index is 1560. The van der Waals surface area contributed by atoms with Gasteiger partial charge in [0.15, 0.2) is 15.5 Å². The van der Waals surface area contributed by atoms with Crippen molar-refractivity contribution in [1.29, 1.82) is 0 Å². The molecule has 36 heavy (non-hydrogen) atoms. The fourth-order valence-electron chi connectivity index (χ4n) is 3.36. The number of thiazole rings is 1. The van der Waals surface area contributed by atoms with Crippen molar-refractivity contribution in [2.24, 2.45) is 0 Å². The number of amides is 1. The van der Waals surface area contributed by atoms with Gasteiger partial charge in [0.25, 0.3) is 5.91 Å². The standard InChI is InChI=1S/C23H20FN3O7S2/c1-25-22(28)20-14-7-18(33-9-19-27-16(10-35-19)23(29)30)15(26-11-36(2,31)32)8-17(14)34-21(20)12-3-5-13(24)6-4-12/h3-8,10,26H,9,11H2,1-2H3,(H,25,28)(H,29,30). The van der Waals surface area contributed by atoms with E-state index in [-0.39, 0.29) is 40.6 Å². The van der Waals surface area contributed by atoms with Crippen LogP contribution in [0.4, 0.5) is 10.1 Å². The number of anilines is 1. The molecule has 0 spiro atoms. The van der Waals surface area contributed by atoms with E-state index in [1.807, 2.05) is 0 Å². The predicted molar refractivity (Wildman–Crippen MR) is 132 cm³/mol. The Balaban J connectivity index is 1.81. The van der Waals surface area contributed by atoms with Crippen LogP contribution in [-0.4, -0.2) is 49.6 Å². The molecule has 4 rings (SSSR count). The van der Waals surface area contributed by atoms with E-state index < -0.39 is 33.4 Å². The van der Waals surface area contributed by atoms with Crippen LogP contribution in [0.5, 0.6) is 5.75 Å². The maximum absolute atomic E-state index is 13.5. The molecule has 0 aliphatic rings. The lowest BCUT2D eigenvalue weighted by Crippen LogP contribution is -2.18. The molecule has 2 heterocycles. The number of furan rings is 1. The summed E-state index contributed by atoms with van der Waals surface area (Å²) in [6.45, 7) is -0.102. The normalized spacial score (nSPS) is 11.4. The highest BCUT2D eigenvalue weighted by Gasteiger charge is 2.24. The molecule has 3 N–H and O–H groups in total. The molecular weight excluding hydrogens is 513 g/mol. The number of rotatable bonds is 9. The zero-order valence-corrected chi connectivity index (χ0v) is 20.6. The van der Waals surface area contributed by atoms with E-state index in [9.17, 15) is 22.4 Å². The van der Waals surface area contributed by atoms with E-state index in [1.165, 1.54) is 48.8 Å². The average molecular weight is 534 g/mol. The molecule has 188 valence electrons. The summed E-state index contributed by atoms with van der Waals surface area (Å²) in [5.41, 5.74) is 1.05. The zero-order chi connectivity index (χ0) is 26.0. The van der Waals surface area contributed by atoms with Crippen LogP contribution in [0.1, 0.15) is 25.9 Å². The van der Waals surface area contributed by atoms with Gasteiger partial charge in [0.1, 0.15) is 40.4 Å². The lowest BCUT2D eigenvalue weighted by molar-refractivity contribution is 0.0690. The number of benzene rings is 2. The second kappa shape index (κ2) is 9.95. The van der Waals surface area contributed by atoms with Crippen LogP contribution in [0.25, 0.3) is 22.3 Å². The van der Waals surface area contributed by atoms with Crippen LogP contribution in [0.2, 0.25) is 0 Å². The van der Waals surface area contributed by atoms with Gasteiger partial charge in [-0.25, -0.2) is 22.6 Å². The van der Waals surface area contributed by atoms with Crippen molar-refractivity contribution in [1.82, 2.24) is 10.3 Å². The summed E-state index contributed by atoms with van der Waals surface area (Å²) in [6.07, 6.45) is 1.06. The Kier molecular flexibility index (Phi) is 6.95. The molecule has 0 fully saturated rings. The van der Waals surface area contributed by atoms with Crippen LogP contribution < -0.4 is 15.4 Å². The first-order valence-electron chi connectivity index (χ1n) is 10.4. The van der Waals surface area contributed by atoms with Gasteiger partial charge in [0.05, 0.1) is 11.3 Å². The summed E-state index contributed by atoms with van der Waals surface area (Å²) in [5.74, 6) is -2.09. The fraction of sp³-hybridized carbons (Fsp3) is 0.174. The first-order valence-corrected chi connectivity index (χ1v) is 13.3. The van der Waals surface area contributed by atoms with Crippen molar-refractivity contribution in [2.75, 3.05) is 24.5 Å². The molecule has 0 aliphatic heterocycles. The van der Waals surface area contributed by atoms with E-state index in [4.69, 9.17) is 14.3 Å². The number of aromatic nitrogens is 1. The van der Waals surface area contributed by atoms with E-state index in [0.717, 1.165) is 17.6 Å². The third-order valence-electron chi connectivity index (χ3n) is 5.00. The number of carbonyl (C=O) groups excluding carboxylic acids is 1. The molecule has 1 amide bonds. The molecule has 0 unspecified atom stereocenters. The van der Waals surface area contributed by atoms with Crippen LogP contribution >= 0.6 is 11.3 Å². The number of hydrogen-bond acceptors (Lipinski definition) is 9. The fourth-order valence-corrected chi connectivity index (χ4v) is 4.46. The van der Waals surface area contributed by atoms with Crippen LogP contribution in [0.3, 0.4) is 0 Å². The highest BCUT2D eigenvalue weighted by molar-refractivity contribution is 7.90. The van der Waals surface area contributed by atoms with Crippen LogP contribution in [-0.2, 0) is 16.4 Å². The highest BCUT2D eigenvalue weighted by atomic mass is 32.2. The molecule has 2 aromatic heterocycles. The number of nitrogens with one attached hydrogen (secondary N) is 2. The number of hydrogen-bond donors (Lipinski definition) is 3. The number of carboxylic acids is 1. The zero-order valence-electron chi connectivity index (χ0n) is 19.0. The van der Waals surface area contributed by atoms with Crippen molar-refractivity contribution in [2.45, 2.75) is 6.61 Å². The second-order valence-electron chi connectivity index (χ2n) is 7.70. The molecule has 0 atom stereocenters. The van der Waals surface area contributed by atoms with Crippen molar-refractivity contribution in [3.63, 3.8) is 0 Å². The third kappa shape index (κ3) is 5.47. The Morgan fingerprint density at radius 3 is 2.56 bits per heavy atom. The lowest BCUT2D eigenvalue weighted by Gasteiger charge is -2.12. The minimum atomic E-state index is -3.41. The maximum atomic E-state index is 13.5. The van der Waals surface area contributed by atoms with Crippen LogP contribution in [0, 0.1) is 5.82 Å². The third-order valence-corrected chi connectivity index (χ3v) is 6.49. The Morgan fingerprint density at radius 2 is 1.94 bits per heavy atom. The molecule has 13 heteroatoms. The molecule has 0 saturated heterocycles. The van der Waals surface area contributed by atoms with E-state index in [0.29, 0.717) is 16.0 Å². The van der Waals surface area contributed by atoms with E-state index in [2.05, 4.69) is 15.6 Å². The number of carbonyl (C=O) groups is 2. The molecule has 2 aromatic carbocycles. The summed E-state index contributed by atoms with van der Waals surface area (Å²) in [5, 5.41) is 16.6. The number of ether oxygens (including phenoxy) is 1. The number of fused-ring (bicyclic) bond motifs is 1. The van der Waals surface area contributed by atoms with Crippen molar-refractivity contribution in [3.8, 4) is 17.1 Å². The number of carboxylic acid groups (broad SMARTS) is 1. The van der Waals surface area contributed by atoms with Gasteiger partial charge in [-0.3, -0.25) is 4.79 Å². The molecular formula is C23H20FN3O7S2. The van der Waals surface area contributed by atoms with Gasteiger partial charge in [-0.15, -0.1) is 11.3 Å². The number of nitrogens with zero attached hydrogens (tertiary/aromatic N) is 1. The van der Waals surface area contributed by atoms with E-state index >= 15 is 0 Å². The van der Waals surface area contributed by atoms with Crippen LogP contribution in [0.15, 0.2) is 46.2 Å². The smallest absolute Gasteiger partial charge is 0.355 e. The first-order chi connectivity index (χ1) is 17.1. The minimum Gasteiger partial charge on any atom is -0.484 e. The number of halogens is 1. The summed E-state index contributed by atoms with van der Waals surface area (Å²) in [4.78, 5) is 27.9. The molecule has 0 bridgehead atoms. The average Bonchev–Trinajstić information content (AvgIpc) is 3.45. The molecule has 0 aliphatic carbocycles. The van der Waals surface area contributed by atoms with Gasteiger partial charge < -0.3 is 24.9 Å². The van der Waals surface area contributed by atoms with Crippen molar-refractivity contribution in [3.05, 3.63) is 63.9 Å². The molecule has 0 radical (unpaired) electrons. The van der Waals surface area contributed by atoms with Gasteiger partial charge in [0.2, 0.25) is 0 Å². The van der Waals surface area contributed by atoms with Gasteiger partial charge in [-0.1, -0.05) is 0 Å². The summed E-state index contributed by atoms with van der Waals surface area (Å²) < 4.78 is 48.8. The highest BCUT2D eigenvalue weighted by Crippen LogP contribution is 2.39. The quantitative estimate of drug-likeness (QED) is 0.293. The Labute approximate surface area is 208 Å².